The zero-order chi connectivity index (χ0) is 14.6. The lowest BCUT2D eigenvalue weighted by Crippen LogP contribution is -2.42. The van der Waals surface area contributed by atoms with Crippen LogP contribution in [0.5, 0.6) is 0 Å². The highest BCUT2D eigenvalue weighted by molar-refractivity contribution is 5.30. The standard InChI is InChI=1S/C17H24N2O/c1-16(2)10-8-15(9-11-16)20-13-17(19,12-18)14-6-4-3-5-7-14/h3-7,15H,8-11,13,19H2,1-2H3. The molecular weight excluding hydrogens is 248 g/mol. The molecule has 20 heavy (non-hydrogen) atoms. The Hall–Kier alpha value is -1.37. The maximum atomic E-state index is 9.40. The number of nitrogens with zero attached hydrogens (tertiary/aromatic N) is 1. The molecule has 0 heterocycles. The van der Waals surface area contributed by atoms with E-state index in [1.807, 2.05) is 30.3 Å². The van der Waals surface area contributed by atoms with E-state index in [1.54, 1.807) is 0 Å². The van der Waals surface area contributed by atoms with Gasteiger partial charge < -0.3 is 10.5 Å². The third-order valence-electron chi connectivity index (χ3n) is 4.32. The molecule has 1 unspecified atom stereocenters. The predicted octanol–water partition coefficient (Wildman–Crippen LogP) is 3.35. The Balaban J connectivity index is 1.94. The van der Waals surface area contributed by atoms with E-state index in [0.29, 0.717) is 5.41 Å². The first-order valence-electron chi connectivity index (χ1n) is 7.32. The van der Waals surface area contributed by atoms with Crippen molar-refractivity contribution in [3.05, 3.63) is 35.9 Å². The summed E-state index contributed by atoms with van der Waals surface area (Å²) in [6.07, 6.45) is 4.70. The molecule has 0 spiro atoms. The average molecular weight is 272 g/mol. The van der Waals surface area contributed by atoms with E-state index >= 15 is 0 Å². The zero-order valence-corrected chi connectivity index (χ0v) is 12.4. The number of nitriles is 1. The van der Waals surface area contributed by atoms with Gasteiger partial charge in [0.05, 0.1) is 18.8 Å². The number of hydrogen-bond acceptors (Lipinski definition) is 3. The van der Waals surface area contributed by atoms with Crippen LogP contribution in [0.1, 0.15) is 45.1 Å². The molecule has 0 saturated heterocycles. The molecule has 2 N–H and O–H groups in total. The molecule has 0 radical (unpaired) electrons. The van der Waals surface area contributed by atoms with Crippen molar-refractivity contribution >= 4 is 0 Å². The van der Waals surface area contributed by atoms with Gasteiger partial charge in [0, 0.05) is 0 Å². The predicted molar refractivity (Wildman–Crippen MR) is 79.9 cm³/mol. The number of rotatable bonds is 4. The second-order valence-electron chi connectivity index (χ2n) is 6.62. The highest BCUT2D eigenvalue weighted by Crippen LogP contribution is 2.36. The molecule has 1 atom stereocenters. The van der Waals surface area contributed by atoms with Gasteiger partial charge in [-0.1, -0.05) is 44.2 Å². The zero-order valence-electron chi connectivity index (χ0n) is 12.4. The summed E-state index contributed by atoms with van der Waals surface area (Å²) in [4.78, 5) is 0. The monoisotopic (exact) mass is 272 g/mol. The Morgan fingerprint density at radius 2 is 1.90 bits per heavy atom. The molecule has 2 rings (SSSR count). The molecule has 1 aliphatic rings. The fraction of sp³-hybridized carbons (Fsp3) is 0.588. The van der Waals surface area contributed by atoms with Gasteiger partial charge in [0.25, 0.3) is 0 Å². The van der Waals surface area contributed by atoms with Crippen LogP contribution in [0.25, 0.3) is 0 Å². The van der Waals surface area contributed by atoms with Crippen LogP contribution in [0.3, 0.4) is 0 Å². The quantitative estimate of drug-likeness (QED) is 0.914. The van der Waals surface area contributed by atoms with Gasteiger partial charge in [-0.15, -0.1) is 0 Å². The lowest BCUT2D eigenvalue weighted by Gasteiger charge is -2.35. The van der Waals surface area contributed by atoms with Crippen LogP contribution in [-0.4, -0.2) is 12.7 Å². The summed E-state index contributed by atoms with van der Waals surface area (Å²) >= 11 is 0. The second-order valence-corrected chi connectivity index (χ2v) is 6.62. The third-order valence-corrected chi connectivity index (χ3v) is 4.32. The molecule has 0 bridgehead atoms. The fourth-order valence-electron chi connectivity index (χ4n) is 2.70. The Kier molecular flexibility index (Phi) is 4.47. The summed E-state index contributed by atoms with van der Waals surface area (Å²) in [5.74, 6) is 0. The Morgan fingerprint density at radius 3 is 2.45 bits per heavy atom. The van der Waals surface area contributed by atoms with Crippen molar-refractivity contribution in [2.45, 2.75) is 51.2 Å². The number of hydrogen-bond donors (Lipinski definition) is 1. The number of nitrogens with two attached hydrogens (primary N) is 1. The van der Waals surface area contributed by atoms with E-state index in [-0.39, 0.29) is 12.7 Å². The molecular formula is C17H24N2O. The minimum absolute atomic E-state index is 0.239. The van der Waals surface area contributed by atoms with Crippen molar-refractivity contribution in [1.82, 2.24) is 0 Å². The van der Waals surface area contributed by atoms with Crippen LogP contribution in [0.15, 0.2) is 30.3 Å². The van der Waals surface area contributed by atoms with E-state index in [1.165, 1.54) is 12.8 Å². The average Bonchev–Trinajstić information content (AvgIpc) is 2.47. The first-order chi connectivity index (χ1) is 9.45. The molecule has 108 valence electrons. The molecule has 3 heteroatoms. The lowest BCUT2D eigenvalue weighted by atomic mass is 9.76. The van der Waals surface area contributed by atoms with Crippen LogP contribution in [0.2, 0.25) is 0 Å². The van der Waals surface area contributed by atoms with Gasteiger partial charge in [0.1, 0.15) is 0 Å². The molecule has 1 aromatic rings. The summed E-state index contributed by atoms with van der Waals surface area (Å²) in [5, 5.41) is 9.40. The molecule has 0 aliphatic heterocycles. The van der Waals surface area contributed by atoms with Gasteiger partial charge in [0.15, 0.2) is 5.54 Å². The first kappa shape index (κ1) is 15.0. The largest absolute Gasteiger partial charge is 0.375 e. The number of ether oxygens (including phenoxy) is 1. The van der Waals surface area contributed by atoms with Gasteiger partial charge >= 0.3 is 0 Å². The minimum atomic E-state index is -1.05. The highest BCUT2D eigenvalue weighted by atomic mass is 16.5. The normalized spacial score (nSPS) is 21.9. The van der Waals surface area contributed by atoms with E-state index in [0.717, 1.165) is 18.4 Å². The summed E-state index contributed by atoms with van der Waals surface area (Å²) in [6, 6.07) is 11.7. The van der Waals surface area contributed by atoms with Crippen molar-refractivity contribution in [2.24, 2.45) is 11.1 Å². The van der Waals surface area contributed by atoms with Crippen molar-refractivity contribution in [3.63, 3.8) is 0 Å². The minimum Gasteiger partial charge on any atom is -0.375 e. The van der Waals surface area contributed by atoms with E-state index < -0.39 is 5.54 Å². The Labute approximate surface area is 121 Å². The van der Waals surface area contributed by atoms with Crippen LogP contribution in [0.4, 0.5) is 0 Å². The molecule has 1 fully saturated rings. The lowest BCUT2D eigenvalue weighted by molar-refractivity contribution is -0.0109. The molecule has 0 aromatic heterocycles. The van der Waals surface area contributed by atoms with Gasteiger partial charge in [-0.2, -0.15) is 5.26 Å². The van der Waals surface area contributed by atoms with Crippen LogP contribution in [0, 0.1) is 16.7 Å². The third kappa shape index (κ3) is 3.59. The molecule has 3 nitrogen and oxygen atoms in total. The summed E-state index contributed by atoms with van der Waals surface area (Å²) in [6.45, 7) is 4.87. The maximum absolute atomic E-state index is 9.40. The topological polar surface area (TPSA) is 59.0 Å². The fourth-order valence-corrected chi connectivity index (χ4v) is 2.70. The summed E-state index contributed by atoms with van der Waals surface area (Å²) < 4.78 is 5.94. The van der Waals surface area contributed by atoms with Gasteiger partial charge in [-0.05, 0) is 36.7 Å². The second kappa shape index (κ2) is 5.95. The molecule has 1 aromatic carbocycles. The van der Waals surface area contributed by atoms with Crippen molar-refractivity contribution in [1.29, 1.82) is 5.26 Å². The SMILES string of the molecule is CC1(C)CCC(OCC(N)(C#N)c2ccccc2)CC1. The van der Waals surface area contributed by atoms with Gasteiger partial charge in [-0.3, -0.25) is 0 Å². The molecule has 1 saturated carbocycles. The van der Waals surface area contributed by atoms with Crippen molar-refractivity contribution in [3.8, 4) is 6.07 Å². The molecule has 0 amide bonds. The van der Waals surface area contributed by atoms with Gasteiger partial charge in [-0.25, -0.2) is 0 Å². The summed E-state index contributed by atoms with van der Waals surface area (Å²) in [7, 11) is 0. The Morgan fingerprint density at radius 1 is 1.30 bits per heavy atom. The van der Waals surface area contributed by atoms with E-state index in [4.69, 9.17) is 10.5 Å². The van der Waals surface area contributed by atoms with E-state index in [9.17, 15) is 5.26 Å². The number of benzene rings is 1. The molecule has 1 aliphatic carbocycles. The van der Waals surface area contributed by atoms with Crippen molar-refractivity contribution in [2.75, 3.05) is 6.61 Å². The summed E-state index contributed by atoms with van der Waals surface area (Å²) in [5.41, 5.74) is 6.40. The van der Waals surface area contributed by atoms with Crippen LogP contribution >= 0.6 is 0 Å². The van der Waals surface area contributed by atoms with Crippen LogP contribution in [-0.2, 0) is 10.3 Å². The highest BCUT2D eigenvalue weighted by Gasteiger charge is 2.32. The van der Waals surface area contributed by atoms with E-state index in [2.05, 4.69) is 19.9 Å². The first-order valence-corrected chi connectivity index (χ1v) is 7.32. The maximum Gasteiger partial charge on any atom is 0.153 e. The Bertz CT molecular complexity index is 468. The van der Waals surface area contributed by atoms with Crippen molar-refractivity contribution < 1.29 is 4.74 Å². The van der Waals surface area contributed by atoms with Gasteiger partial charge in [0.2, 0.25) is 0 Å². The van der Waals surface area contributed by atoms with Crippen LogP contribution < -0.4 is 5.73 Å². The smallest absolute Gasteiger partial charge is 0.153 e.